The van der Waals surface area contributed by atoms with Gasteiger partial charge in [0, 0.05) is 32.2 Å². The molecule has 0 aromatic heterocycles. The highest BCUT2D eigenvalue weighted by Crippen LogP contribution is 2.26. The van der Waals surface area contributed by atoms with Gasteiger partial charge in [-0.1, -0.05) is 0 Å². The Kier molecular flexibility index (Phi) is 5.27. The summed E-state index contributed by atoms with van der Waals surface area (Å²) in [4.78, 5) is 1.95. The Morgan fingerprint density at radius 2 is 1.76 bits per heavy atom. The number of hydrogen-bond donors (Lipinski definition) is 1. The molecular weight excluding hydrogens is 294 g/mol. The van der Waals surface area contributed by atoms with Crippen molar-refractivity contribution in [1.29, 1.82) is 0 Å². The molecule has 4 unspecified atom stereocenters. The topological polar surface area (TPSA) is 73.3 Å². The van der Waals surface area contributed by atoms with Crippen molar-refractivity contribution in [2.24, 2.45) is 0 Å². The average Bonchev–Trinajstić information content (AvgIpc) is 2.68. The summed E-state index contributed by atoms with van der Waals surface area (Å²) in [5, 5.41) is 9.88. The maximum Gasteiger partial charge on any atom is 0.282 e. The summed E-state index contributed by atoms with van der Waals surface area (Å²) in [6.07, 6.45) is -0.306. The van der Waals surface area contributed by atoms with Crippen LogP contribution in [-0.4, -0.2) is 91.7 Å². The molecule has 0 aliphatic carbocycles. The van der Waals surface area contributed by atoms with Crippen LogP contribution in [0.1, 0.15) is 20.3 Å². The van der Waals surface area contributed by atoms with E-state index in [1.807, 2.05) is 32.8 Å². The molecule has 124 valence electrons. The molecule has 2 saturated heterocycles. The van der Waals surface area contributed by atoms with Gasteiger partial charge >= 0.3 is 0 Å². The zero-order valence-electron chi connectivity index (χ0n) is 13.3. The molecule has 2 fully saturated rings. The number of morpholine rings is 1. The highest BCUT2D eigenvalue weighted by atomic mass is 32.2. The van der Waals surface area contributed by atoms with Gasteiger partial charge in [-0.25, -0.2) is 0 Å². The molecule has 7 nitrogen and oxygen atoms in total. The first-order valence-electron chi connectivity index (χ1n) is 7.45. The van der Waals surface area contributed by atoms with Crippen molar-refractivity contribution in [3.8, 4) is 0 Å². The number of nitrogens with zero attached hydrogens (tertiary/aromatic N) is 3. The van der Waals surface area contributed by atoms with Crippen molar-refractivity contribution in [1.82, 2.24) is 13.5 Å². The van der Waals surface area contributed by atoms with Gasteiger partial charge in [-0.05, 0) is 34.4 Å². The quantitative estimate of drug-likeness (QED) is 0.744. The lowest BCUT2D eigenvalue weighted by molar-refractivity contribution is -0.0456. The first-order chi connectivity index (χ1) is 9.70. The number of ether oxygens (including phenoxy) is 1. The van der Waals surface area contributed by atoms with E-state index < -0.39 is 16.3 Å². The van der Waals surface area contributed by atoms with Gasteiger partial charge in [0.05, 0.1) is 18.3 Å². The molecule has 2 aliphatic rings. The highest BCUT2D eigenvalue weighted by molar-refractivity contribution is 7.86. The minimum absolute atomic E-state index is 0.108. The normalized spacial score (nSPS) is 36.5. The molecule has 0 amide bonds. The Morgan fingerprint density at radius 3 is 2.29 bits per heavy atom. The lowest BCUT2D eigenvalue weighted by Gasteiger charge is -2.38. The van der Waals surface area contributed by atoms with Crippen LogP contribution in [0.4, 0.5) is 0 Å². The fourth-order valence-corrected chi connectivity index (χ4v) is 5.18. The Hall–Kier alpha value is -0.250. The van der Waals surface area contributed by atoms with Crippen LogP contribution in [0.5, 0.6) is 0 Å². The second-order valence-electron chi connectivity index (χ2n) is 6.46. The Morgan fingerprint density at radius 1 is 1.19 bits per heavy atom. The molecule has 2 aliphatic heterocycles. The van der Waals surface area contributed by atoms with Gasteiger partial charge in [-0.3, -0.25) is 0 Å². The smallest absolute Gasteiger partial charge is 0.282 e. The second-order valence-corrected chi connectivity index (χ2v) is 8.34. The number of hydrogen-bond acceptors (Lipinski definition) is 5. The van der Waals surface area contributed by atoms with Gasteiger partial charge in [0.15, 0.2) is 0 Å². The monoisotopic (exact) mass is 321 g/mol. The van der Waals surface area contributed by atoms with Gasteiger partial charge in [0.1, 0.15) is 0 Å². The van der Waals surface area contributed by atoms with E-state index in [2.05, 4.69) is 0 Å². The molecule has 21 heavy (non-hydrogen) atoms. The summed E-state index contributed by atoms with van der Waals surface area (Å²) in [6.45, 7) is 5.30. The molecule has 2 rings (SSSR count). The molecule has 0 saturated carbocycles. The lowest BCUT2D eigenvalue weighted by Crippen LogP contribution is -2.55. The fourth-order valence-electron chi connectivity index (χ4n) is 3.20. The molecule has 0 radical (unpaired) electrons. The summed E-state index contributed by atoms with van der Waals surface area (Å²) in [5.74, 6) is 0. The lowest BCUT2D eigenvalue weighted by atomic mass is 10.2. The third kappa shape index (κ3) is 3.94. The number of β-amino-alcohol motifs (C(OH)–C–C–N with tert-alkyl or cyclic N) is 1. The van der Waals surface area contributed by atoms with Crippen LogP contribution in [0.25, 0.3) is 0 Å². The van der Waals surface area contributed by atoms with E-state index in [4.69, 9.17) is 4.74 Å². The SMILES string of the molecule is CC1CN(S(=O)(=O)N2CC(O)CC2CN(C)C)CC(C)O1. The zero-order chi connectivity index (χ0) is 15.8. The predicted octanol–water partition coefficient (Wildman–Crippen LogP) is -0.663. The third-order valence-corrected chi connectivity index (χ3v) is 5.92. The standard InChI is InChI=1S/C13H27N3O4S/c1-10-6-15(7-11(2)20-10)21(18,19)16-9-13(17)5-12(16)8-14(3)4/h10-13,17H,5-9H2,1-4H3. The van der Waals surface area contributed by atoms with E-state index in [-0.39, 0.29) is 24.8 Å². The number of aliphatic hydroxyl groups is 1. The van der Waals surface area contributed by atoms with Crippen molar-refractivity contribution in [3.63, 3.8) is 0 Å². The van der Waals surface area contributed by atoms with Crippen LogP contribution in [0, 0.1) is 0 Å². The maximum atomic E-state index is 12.9. The summed E-state index contributed by atoms with van der Waals surface area (Å²) in [6, 6.07) is -0.173. The largest absolute Gasteiger partial charge is 0.392 e. The highest BCUT2D eigenvalue weighted by Gasteiger charge is 2.43. The van der Waals surface area contributed by atoms with Crippen LogP contribution in [-0.2, 0) is 14.9 Å². The Balaban J connectivity index is 2.17. The summed E-state index contributed by atoms with van der Waals surface area (Å²) < 4.78 is 34.3. The van der Waals surface area contributed by atoms with Gasteiger partial charge in [0.2, 0.25) is 0 Å². The van der Waals surface area contributed by atoms with Crippen molar-refractivity contribution in [2.45, 2.75) is 44.6 Å². The fraction of sp³-hybridized carbons (Fsp3) is 1.00. The molecule has 0 aromatic carbocycles. The Bertz CT molecular complexity index is 446. The third-order valence-electron chi connectivity index (χ3n) is 3.93. The number of aliphatic hydroxyl groups excluding tert-OH is 1. The van der Waals surface area contributed by atoms with Crippen molar-refractivity contribution < 1.29 is 18.3 Å². The maximum absolute atomic E-state index is 12.9. The van der Waals surface area contributed by atoms with Crippen LogP contribution in [0.2, 0.25) is 0 Å². The van der Waals surface area contributed by atoms with Crippen LogP contribution in [0.15, 0.2) is 0 Å². The van der Waals surface area contributed by atoms with Gasteiger partial charge in [-0.2, -0.15) is 17.0 Å². The zero-order valence-corrected chi connectivity index (χ0v) is 14.1. The minimum Gasteiger partial charge on any atom is -0.392 e. The first kappa shape index (κ1) is 17.1. The molecule has 2 heterocycles. The molecule has 4 atom stereocenters. The molecule has 0 bridgehead atoms. The van der Waals surface area contributed by atoms with E-state index in [9.17, 15) is 13.5 Å². The number of rotatable bonds is 4. The summed E-state index contributed by atoms with van der Waals surface area (Å²) in [7, 11) is 0.267. The number of likely N-dealkylation sites (N-methyl/N-ethyl adjacent to an activating group) is 1. The molecule has 0 spiro atoms. The van der Waals surface area contributed by atoms with Crippen molar-refractivity contribution in [3.05, 3.63) is 0 Å². The minimum atomic E-state index is -3.56. The van der Waals surface area contributed by atoms with E-state index in [0.717, 1.165) is 0 Å². The predicted molar refractivity (Wildman–Crippen MR) is 80.2 cm³/mol. The van der Waals surface area contributed by atoms with Gasteiger partial charge in [-0.15, -0.1) is 0 Å². The molecule has 8 heteroatoms. The van der Waals surface area contributed by atoms with E-state index in [1.165, 1.54) is 8.61 Å². The average molecular weight is 321 g/mol. The van der Waals surface area contributed by atoms with Gasteiger partial charge < -0.3 is 14.7 Å². The second kappa shape index (κ2) is 6.47. The summed E-state index contributed by atoms with van der Waals surface area (Å²) in [5.41, 5.74) is 0. The van der Waals surface area contributed by atoms with Crippen LogP contribution < -0.4 is 0 Å². The van der Waals surface area contributed by atoms with Crippen LogP contribution in [0.3, 0.4) is 0 Å². The van der Waals surface area contributed by atoms with Crippen molar-refractivity contribution in [2.75, 3.05) is 40.3 Å². The molecule has 0 aromatic rings. The van der Waals surface area contributed by atoms with E-state index >= 15 is 0 Å². The van der Waals surface area contributed by atoms with E-state index in [1.54, 1.807) is 0 Å². The molecule has 1 N–H and O–H groups in total. The Labute approximate surface area is 127 Å². The summed E-state index contributed by atoms with van der Waals surface area (Å²) >= 11 is 0. The van der Waals surface area contributed by atoms with E-state index in [0.29, 0.717) is 26.1 Å². The van der Waals surface area contributed by atoms with Crippen LogP contribution >= 0.6 is 0 Å². The van der Waals surface area contributed by atoms with Gasteiger partial charge in [0.25, 0.3) is 10.2 Å². The van der Waals surface area contributed by atoms with Crippen molar-refractivity contribution >= 4 is 10.2 Å². The molecular formula is C13H27N3O4S. The first-order valence-corrected chi connectivity index (χ1v) is 8.85.